The maximum Gasteiger partial charge on any atom is 0.290 e. The molecule has 0 spiro atoms. The quantitative estimate of drug-likeness (QED) is 0.387. The Kier molecular flexibility index (Phi) is 3.83. The van der Waals surface area contributed by atoms with Gasteiger partial charge in [-0.25, -0.2) is 0 Å². The summed E-state index contributed by atoms with van der Waals surface area (Å²) in [4.78, 5) is 10.9. The van der Waals surface area contributed by atoms with Crippen molar-refractivity contribution in [2.45, 2.75) is 12.3 Å². The Labute approximate surface area is 76.9 Å². The van der Waals surface area contributed by atoms with Gasteiger partial charge in [-0.1, -0.05) is 19.2 Å². The molecule has 0 saturated carbocycles. The van der Waals surface area contributed by atoms with Crippen LogP contribution in [0, 0.1) is 0 Å². The van der Waals surface area contributed by atoms with Crippen LogP contribution in [0.15, 0.2) is 24.8 Å². The van der Waals surface area contributed by atoms with E-state index < -0.39 is 21.4 Å². The summed E-state index contributed by atoms with van der Waals surface area (Å²) in [5.74, 6) is -0.650. The molecule has 0 aliphatic rings. The van der Waals surface area contributed by atoms with Crippen LogP contribution in [0.4, 0.5) is 0 Å². The van der Waals surface area contributed by atoms with Gasteiger partial charge in [-0.05, 0) is 6.92 Å². The highest BCUT2D eigenvalue weighted by atomic mass is 32.2. The van der Waals surface area contributed by atoms with E-state index in [2.05, 4.69) is 13.2 Å². The van der Waals surface area contributed by atoms with Gasteiger partial charge in [0, 0.05) is 5.57 Å². The standard InChI is InChI=1S/C7H11NO4S/c1-4-6(13(10,11)12)8-7(9)5(2)3/h4,6H,1-2H2,3H3,(H,8,9)(H,10,11,12). The van der Waals surface area contributed by atoms with Crippen molar-refractivity contribution in [1.82, 2.24) is 5.32 Å². The topological polar surface area (TPSA) is 83.5 Å². The average molecular weight is 205 g/mol. The van der Waals surface area contributed by atoms with Gasteiger partial charge in [0.1, 0.15) is 0 Å². The molecule has 0 bridgehead atoms. The first-order valence-electron chi connectivity index (χ1n) is 3.34. The molecule has 1 unspecified atom stereocenters. The summed E-state index contributed by atoms with van der Waals surface area (Å²) in [5.41, 5.74) is 0.149. The minimum Gasteiger partial charge on any atom is -0.331 e. The second-order valence-corrected chi connectivity index (χ2v) is 3.96. The summed E-state index contributed by atoms with van der Waals surface area (Å²) in [6, 6.07) is 0. The molecular weight excluding hydrogens is 194 g/mol. The summed E-state index contributed by atoms with van der Waals surface area (Å²) in [7, 11) is -4.33. The Morgan fingerprint density at radius 3 is 2.31 bits per heavy atom. The number of nitrogens with one attached hydrogen (secondary N) is 1. The van der Waals surface area contributed by atoms with Gasteiger partial charge in [0.2, 0.25) is 5.91 Å². The molecule has 2 N–H and O–H groups in total. The molecule has 0 heterocycles. The normalized spacial score (nSPS) is 13.1. The zero-order valence-electron chi connectivity index (χ0n) is 7.15. The van der Waals surface area contributed by atoms with Crippen LogP contribution in [-0.4, -0.2) is 24.3 Å². The van der Waals surface area contributed by atoms with Crippen molar-refractivity contribution in [1.29, 1.82) is 0 Å². The fourth-order valence-electron chi connectivity index (χ4n) is 0.507. The van der Waals surface area contributed by atoms with Gasteiger partial charge >= 0.3 is 0 Å². The summed E-state index contributed by atoms with van der Waals surface area (Å²) in [6.07, 6.45) is 0.913. The Morgan fingerprint density at radius 1 is 1.62 bits per heavy atom. The van der Waals surface area contributed by atoms with Crippen molar-refractivity contribution in [3.63, 3.8) is 0 Å². The van der Waals surface area contributed by atoms with Crippen LogP contribution in [0.1, 0.15) is 6.92 Å². The van der Waals surface area contributed by atoms with E-state index in [9.17, 15) is 13.2 Å². The fourth-order valence-corrected chi connectivity index (χ4v) is 1.01. The van der Waals surface area contributed by atoms with Gasteiger partial charge in [-0.15, -0.1) is 0 Å². The van der Waals surface area contributed by atoms with Crippen LogP contribution in [0.2, 0.25) is 0 Å². The third-order valence-electron chi connectivity index (χ3n) is 1.20. The molecule has 74 valence electrons. The Hall–Kier alpha value is -1.14. The van der Waals surface area contributed by atoms with E-state index in [4.69, 9.17) is 4.55 Å². The minimum atomic E-state index is -4.33. The number of hydrogen-bond acceptors (Lipinski definition) is 3. The lowest BCUT2D eigenvalue weighted by molar-refractivity contribution is -0.117. The first-order chi connectivity index (χ1) is 5.79. The molecular formula is C7H11NO4S. The van der Waals surface area contributed by atoms with Crippen molar-refractivity contribution >= 4 is 16.0 Å². The number of carbonyl (C=O) groups excluding carboxylic acids is 1. The lowest BCUT2D eigenvalue weighted by Gasteiger charge is -2.10. The number of hydrogen-bond donors (Lipinski definition) is 2. The second-order valence-electron chi connectivity index (χ2n) is 2.43. The Balaban J connectivity index is 4.59. The van der Waals surface area contributed by atoms with Crippen molar-refractivity contribution in [3.05, 3.63) is 24.8 Å². The maximum absolute atomic E-state index is 10.9. The van der Waals surface area contributed by atoms with Crippen LogP contribution in [0.3, 0.4) is 0 Å². The molecule has 5 nitrogen and oxygen atoms in total. The highest BCUT2D eigenvalue weighted by Gasteiger charge is 2.21. The molecule has 1 atom stereocenters. The predicted molar refractivity (Wildman–Crippen MR) is 48.5 cm³/mol. The van der Waals surface area contributed by atoms with Crippen LogP contribution >= 0.6 is 0 Å². The van der Waals surface area contributed by atoms with Crippen LogP contribution < -0.4 is 5.32 Å². The van der Waals surface area contributed by atoms with Crippen molar-refractivity contribution in [2.24, 2.45) is 0 Å². The van der Waals surface area contributed by atoms with Crippen molar-refractivity contribution in [3.8, 4) is 0 Å². The summed E-state index contributed by atoms with van der Waals surface area (Å²) >= 11 is 0. The molecule has 0 aromatic heterocycles. The van der Waals surface area contributed by atoms with E-state index in [1.807, 2.05) is 5.32 Å². The van der Waals surface area contributed by atoms with Gasteiger partial charge in [0.15, 0.2) is 5.37 Å². The van der Waals surface area contributed by atoms with E-state index >= 15 is 0 Å². The molecule has 1 amide bonds. The van der Waals surface area contributed by atoms with E-state index in [1.54, 1.807) is 0 Å². The molecule has 0 saturated heterocycles. The van der Waals surface area contributed by atoms with Gasteiger partial charge in [-0.2, -0.15) is 8.42 Å². The first kappa shape index (κ1) is 11.9. The van der Waals surface area contributed by atoms with E-state index in [-0.39, 0.29) is 5.57 Å². The Morgan fingerprint density at radius 2 is 2.08 bits per heavy atom. The smallest absolute Gasteiger partial charge is 0.290 e. The van der Waals surface area contributed by atoms with Crippen molar-refractivity contribution in [2.75, 3.05) is 0 Å². The predicted octanol–water partition coefficient (Wildman–Crippen LogP) is 0.0786. The Bertz CT molecular complexity index is 330. The number of rotatable bonds is 4. The first-order valence-corrected chi connectivity index (χ1v) is 4.84. The number of carbonyl (C=O) groups is 1. The average Bonchev–Trinajstić information content (AvgIpc) is 1.96. The summed E-state index contributed by atoms with van der Waals surface area (Å²) in [6.45, 7) is 7.87. The van der Waals surface area contributed by atoms with E-state index in [0.29, 0.717) is 0 Å². The fraction of sp³-hybridized carbons (Fsp3) is 0.286. The summed E-state index contributed by atoms with van der Waals surface area (Å²) < 4.78 is 29.7. The van der Waals surface area contributed by atoms with Crippen LogP contribution in [-0.2, 0) is 14.9 Å². The van der Waals surface area contributed by atoms with E-state index in [1.165, 1.54) is 6.92 Å². The second kappa shape index (κ2) is 4.20. The lowest BCUT2D eigenvalue weighted by atomic mass is 10.3. The summed E-state index contributed by atoms with van der Waals surface area (Å²) in [5, 5.41) is 0.522. The lowest BCUT2D eigenvalue weighted by Crippen LogP contribution is -2.39. The third-order valence-corrected chi connectivity index (χ3v) is 2.15. The SMILES string of the molecule is C=CC(NC(=O)C(=C)C)S(=O)(=O)O. The van der Waals surface area contributed by atoms with Crippen LogP contribution in [0.5, 0.6) is 0 Å². The zero-order chi connectivity index (χ0) is 10.6. The maximum atomic E-state index is 10.9. The van der Waals surface area contributed by atoms with Crippen LogP contribution in [0.25, 0.3) is 0 Å². The molecule has 0 aromatic rings. The molecule has 0 aliphatic carbocycles. The molecule has 0 aromatic carbocycles. The highest BCUT2D eigenvalue weighted by molar-refractivity contribution is 7.86. The molecule has 0 rings (SSSR count). The zero-order valence-corrected chi connectivity index (χ0v) is 7.97. The molecule has 0 aliphatic heterocycles. The minimum absolute atomic E-state index is 0.149. The molecule has 13 heavy (non-hydrogen) atoms. The molecule has 6 heteroatoms. The monoisotopic (exact) mass is 205 g/mol. The number of amides is 1. The third kappa shape index (κ3) is 3.86. The van der Waals surface area contributed by atoms with Crippen molar-refractivity contribution < 1.29 is 17.8 Å². The highest BCUT2D eigenvalue weighted by Crippen LogP contribution is 1.97. The van der Waals surface area contributed by atoms with Gasteiger partial charge in [0.05, 0.1) is 0 Å². The van der Waals surface area contributed by atoms with Gasteiger partial charge in [-0.3, -0.25) is 9.35 Å². The molecule has 0 radical (unpaired) electrons. The van der Waals surface area contributed by atoms with Gasteiger partial charge < -0.3 is 5.32 Å². The largest absolute Gasteiger partial charge is 0.331 e. The molecule has 0 fully saturated rings. The van der Waals surface area contributed by atoms with Gasteiger partial charge in [0.25, 0.3) is 10.1 Å². The van der Waals surface area contributed by atoms with E-state index in [0.717, 1.165) is 6.08 Å².